The Morgan fingerprint density at radius 2 is 1.38 bits per heavy atom. The molecule has 0 radical (unpaired) electrons. The number of Topliss-reactive ketones (excluding diaryl/α,β-unsaturated/α-hetero) is 2. The molecular weight excluding hydrogens is 1460 g/mol. The molecule has 4 rings (SSSR count). The SMILES string of the molecule is C=C1C(=O)N[C@@H](C)C(=O)N(C)[C@@H](C)C(=O)N[C@@H]([C@H](OC(=O)[C@@H](CC(=O)CC)[C@H](OP(=O)(O)OCc2ccc(NC(=O)[C@H](CCCNC(N)=O)CC(=O)[C@@H](NC(=O)CCN3C(=O)C=CC3=O)C(C)C)cc2)C(C)C)C(C)C)C(=O)N(C)[C@@H]([C@@H](C)OC)C(=O)O[C@H](C)[C@H](NC(C)=O)C(=O)O[C@H](Cc2ccccc2)C(=O)N1C. The molecule has 2 heterocycles. The van der Waals surface area contributed by atoms with Crippen LogP contribution in [0.25, 0.3) is 0 Å². The molecule has 2 aromatic rings. The summed E-state index contributed by atoms with van der Waals surface area (Å²) in [6.07, 6.45) is -7.59. The van der Waals surface area contributed by atoms with E-state index >= 15 is 9.59 Å². The molecule has 2 aliphatic rings. The second-order valence-electron chi connectivity index (χ2n) is 28.0. The highest BCUT2D eigenvalue weighted by Gasteiger charge is 2.48. The summed E-state index contributed by atoms with van der Waals surface area (Å²) in [6.45, 7) is 19.9. The van der Waals surface area contributed by atoms with Crippen LogP contribution in [0.15, 0.2) is 79.0 Å². The van der Waals surface area contributed by atoms with Crippen molar-refractivity contribution in [3.05, 3.63) is 90.2 Å². The third kappa shape index (κ3) is 27.2. The number of benzene rings is 2. The number of methoxy groups -OCH3 is 1. The Bertz CT molecular complexity index is 3760. The maximum Gasteiger partial charge on any atom is 0.472 e. The molecule has 0 bridgehead atoms. The number of amides is 12. The maximum atomic E-state index is 15.5. The number of likely N-dealkylation sites (N-methyl/N-ethyl adjacent to an activating group) is 3. The smallest absolute Gasteiger partial charge is 0.459 e. The number of esters is 3. The number of urea groups is 1. The van der Waals surface area contributed by atoms with Crippen LogP contribution in [0.4, 0.5) is 10.5 Å². The molecule has 36 heteroatoms. The van der Waals surface area contributed by atoms with Crippen LogP contribution in [0.2, 0.25) is 0 Å². The Hall–Kier alpha value is -10.1. The lowest BCUT2D eigenvalue weighted by atomic mass is 9.88. The van der Waals surface area contributed by atoms with Gasteiger partial charge in [-0.1, -0.05) is 97.5 Å². The summed E-state index contributed by atoms with van der Waals surface area (Å²) in [7, 11) is -0.643. The number of ketones is 2. The number of imide groups is 1. The number of anilines is 1. The van der Waals surface area contributed by atoms with Crippen molar-refractivity contribution in [3.63, 3.8) is 0 Å². The first-order valence-corrected chi connectivity index (χ1v) is 37.5. The van der Waals surface area contributed by atoms with Gasteiger partial charge in [0, 0.05) is 104 Å². The molecule has 9 N–H and O–H groups in total. The first-order chi connectivity index (χ1) is 51.4. The van der Waals surface area contributed by atoms with E-state index in [4.69, 9.17) is 33.7 Å². The van der Waals surface area contributed by atoms with E-state index in [1.165, 1.54) is 101 Å². The zero-order chi connectivity index (χ0) is 82.9. The predicted molar refractivity (Wildman–Crippen MR) is 395 cm³/mol. The van der Waals surface area contributed by atoms with E-state index in [-0.39, 0.29) is 62.9 Å². The molecule has 35 nitrogen and oxygen atoms in total. The van der Waals surface area contributed by atoms with Gasteiger partial charge in [0.15, 0.2) is 24.0 Å². The molecule has 0 aromatic heterocycles. The van der Waals surface area contributed by atoms with Gasteiger partial charge in [-0.15, -0.1) is 0 Å². The third-order valence-electron chi connectivity index (χ3n) is 18.5. The van der Waals surface area contributed by atoms with Crippen LogP contribution in [0.3, 0.4) is 0 Å². The molecule has 2 aliphatic heterocycles. The fraction of sp³-hybridized carbons (Fsp3) is 0.568. The zero-order valence-corrected chi connectivity index (χ0v) is 65.9. The van der Waals surface area contributed by atoms with Gasteiger partial charge in [-0.2, -0.15) is 0 Å². The van der Waals surface area contributed by atoms with Crippen LogP contribution in [-0.4, -0.2) is 227 Å². The fourth-order valence-electron chi connectivity index (χ4n) is 11.8. The summed E-state index contributed by atoms with van der Waals surface area (Å²) < 4.78 is 48.8. The van der Waals surface area contributed by atoms with Gasteiger partial charge >= 0.3 is 31.8 Å². The summed E-state index contributed by atoms with van der Waals surface area (Å²) in [6, 6.07) is 3.30. The fourth-order valence-corrected chi connectivity index (χ4v) is 12.9. The monoisotopic (exact) mass is 1560 g/mol. The van der Waals surface area contributed by atoms with Gasteiger partial charge in [0.2, 0.25) is 35.4 Å². The normalized spacial score (nSPS) is 21.8. The third-order valence-corrected chi connectivity index (χ3v) is 19.5. The van der Waals surface area contributed by atoms with Crippen LogP contribution in [0.1, 0.15) is 133 Å². The molecule has 0 aliphatic carbocycles. The van der Waals surface area contributed by atoms with Crippen LogP contribution < -0.4 is 37.6 Å². The van der Waals surface area contributed by atoms with Crippen LogP contribution in [0.5, 0.6) is 0 Å². The first kappa shape index (κ1) is 92.3. The molecule has 1 fully saturated rings. The van der Waals surface area contributed by atoms with Crippen molar-refractivity contribution >= 4 is 108 Å². The minimum atomic E-state index is -5.29. The lowest BCUT2D eigenvalue weighted by Crippen LogP contribution is -2.63. The van der Waals surface area contributed by atoms with E-state index in [2.05, 4.69) is 38.5 Å². The number of carbonyl (C=O) groups is 16. The lowest BCUT2D eigenvalue weighted by Gasteiger charge is -2.38. The van der Waals surface area contributed by atoms with E-state index in [1.54, 1.807) is 44.2 Å². The van der Waals surface area contributed by atoms with Crippen molar-refractivity contribution in [1.29, 1.82) is 0 Å². The minimum Gasteiger partial charge on any atom is -0.459 e. The Morgan fingerprint density at radius 3 is 1.94 bits per heavy atom. The number of phosphoric ester groups is 1. The summed E-state index contributed by atoms with van der Waals surface area (Å²) in [5.41, 5.74) is 5.62. The van der Waals surface area contributed by atoms with E-state index < -0.39 is 217 Å². The average Bonchev–Trinajstić information content (AvgIpc) is 0.917. The molecule has 2 aromatic carbocycles. The Balaban J connectivity index is 1.69. The number of ether oxygens (including phenoxy) is 4. The number of hydrogen-bond acceptors (Lipinski definition) is 23. The summed E-state index contributed by atoms with van der Waals surface area (Å²) >= 11 is 0. The Morgan fingerprint density at radius 1 is 0.764 bits per heavy atom. The van der Waals surface area contributed by atoms with Crippen LogP contribution in [-0.2, 0) is 118 Å². The highest BCUT2D eigenvalue weighted by molar-refractivity contribution is 7.47. The van der Waals surface area contributed by atoms with Gasteiger partial charge in [-0.25, -0.2) is 18.9 Å². The molecule has 606 valence electrons. The van der Waals surface area contributed by atoms with Gasteiger partial charge in [0.1, 0.15) is 41.8 Å². The highest BCUT2D eigenvalue weighted by atomic mass is 31.2. The Kier molecular flexibility index (Phi) is 35.9. The number of rotatable bonds is 33. The van der Waals surface area contributed by atoms with E-state index in [9.17, 15) is 76.6 Å². The van der Waals surface area contributed by atoms with Gasteiger partial charge in [0.05, 0.1) is 30.8 Å². The second kappa shape index (κ2) is 42.8. The van der Waals surface area contributed by atoms with E-state index in [1.807, 2.05) is 0 Å². The topological polar surface area (TPSA) is 477 Å². The van der Waals surface area contributed by atoms with Crippen molar-refractivity contribution in [3.8, 4) is 0 Å². The number of primary amides is 1. The Labute approximate surface area is 639 Å². The molecule has 1 saturated heterocycles. The van der Waals surface area contributed by atoms with Crippen molar-refractivity contribution in [1.82, 2.24) is 46.2 Å². The summed E-state index contributed by atoms with van der Waals surface area (Å²) in [5, 5.41) is 15.2. The van der Waals surface area contributed by atoms with Gasteiger partial charge in [0.25, 0.3) is 23.6 Å². The molecule has 110 heavy (non-hydrogen) atoms. The highest BCUT2D eigenvalue weighted by Crippen LogP contribution is 2.48. The van der Waals surface area contributed by atoms with E-state index in [0.29, 0.717) is 5.56 Å². The molecule has 12 amide bonds. The number of nitrogens with two attached hydrogens (primary N) is 1. The maximum absolute atomic E-state index is 15.5. The quantitative estimate of drug-likeness (QED) is 0.0127. The van der Waals surface area contributed by atoms with Crippen LogP contribution >= 0.6 is 7.82 Å². The summed E-state index contributed by atoms with van der Waals surface area (Å²) in [5.74, 6) is -18.5. The molecule has 1 unspecified atom stereocenters. The number of carbonyl (C=O) groups excluding carboxylic acids is 16. The molecule has 14 atom stereocenters. The van der Waals surface area contributed by atoms with Crippen LogP contribution in [0, 0.1) is 29.6 Å². The van der Waals surface area contributed by atoms with Gasteiger partial charge < -0.3 is 76.2 Å². The minimum absolute atomic E-state index is 0.0545. The van der Waals surface area contributed by atoms with Crippen molar-refractivity contribution < 1.29 is 114 Å². The second-order valence-corrected chi connectivity index (χ2v) is 29.4. The summed E-state index contributed by atoms with van der Waals surface area (Å²) in [4.78, 5) is 234. The lowest BCUT2D eigenvalue weighted by molar-refractivity contribution is -0.175. The molecular formula is C74H106N11O24P. The molecule has 0 saturated carbocycles. The first-order valence-electron chi connectivity index (χ1n) is 36.0. The van der Waals surface area contributed by atoms with Crippen molar-refractivity contribution in [2.45, 2.75) is 201 Å². The number of phosphoric acid groups is 1. The standard InChI is InChI=1S/C74H106N11O24P/c1-18-52(87)37-53(63(40(4)5)109-110(102,103)105-38-49-26-28-51(29-27-49)79-67(94)50(25-22-33-76-74(75)101)36-54(88)59(39(2)3)80-56(89)32-34-85-57(90)30-31-58(85)91)71(98)108-64(41(6)7)61-70(97)84(16)62(46(12)104-17)73(100)106-45(11)60(78-47(13)86)72(99)107-55(35-48-23-20-19-21-24-48)69(96)83(15)43(9)65(92)77-42(8)68(95)82(14)44(10)66(93)81-61/h19-21,23-24,26-31,39-42,44-46,50,53,55,59-64H,9,18,22,25,32-38H2,1-8,10-17H3,(H,77,92)(H,78,86)(H,79,94)(H,80,89)(H,81,93)(H,102,103)(H3,75,76,101)/t42-,44-,45+,46+,50+,53-,55+,59-,60-,61-,62-,63+,64+/m0/s1. The van der Waals surface area contributed by atoms with E-state index in [0.717, 1.165) is 52.8 Å². The molecule has 0 spiro atoms. The van der Waals surface area contributed by atoms with Crippen molar-refractivity contribution in [2.75, 3.05) is 46.7 Å². The van der Waals surface area contributed by atoms with Gasteiger partial charge in [-0.3, -0.25) is 76.3 Å². The number of nitrogens with zero attached hydrogens (tertiary/aromatic N) is 4. The largest absolute Gasteiger partial charge is 0.472 e. The average molecular weight is 1560 g/mol. The van der Waals surface area contributed by atoms with Crippen molar-refractivity contribution in [2.24, 2.45) is 35.3 Å². The number of hydrogen-bond donors (Lipinski definition) is 8. The number of nitrogens with one attached hydrogen (secondary N) is 6. The van der Waals surface area contributed by atoms with Gasteiger partial charge in [-0.05, 0) is 81.5 Å². The number of cyclic esters (lactones) is 2. The zero-order valence-electron chi connectivity index (χ0n) is 65.0. The predicted octanol–water partition coefficient (Wildman–Crippen LogP) is 2.59.